The molecule has 50 heavy (non-hydrogen) atoms. The number of primary amides is 1. The fraction of sp³-hybridized carbons (Fsp3) is 0.441. The first kappa shape index (κ1) is 40.7. The highest BCUT2D eigenvalue weighted by atomic mass is 16.4. The first-order valence-corrected chi connectivity index (χ1v) is 16.1. The molecule has 6 amide bonds. The molecule has 0 saturated carbocycles. The zero-order valence-corrected chi connectivity index (χ0v) is 28.3. The monoisotopic (exact) mass is 697 g/mol. The Kier molecular flexibility index (Phi) is 16.4. The van der Waals surface area contributed by atoms with E-state index in [1.54, 1.807) is 56.3 Å². The molecule has 0 aliphatic carbocycles. The molecule has 2 aromatic rings. The first-order valence-electron chi connectivity index (χ1n) is 16.1. The van der Waals surface area contributed by atoms with Gasteiger partial charge in [0.2, 0.25) is 35.4 Å². The van der Waals surface area contributed by atoms with Crippen LogP contribution in [0.5, 0.6) is 5.75 Å². The predicted octanol–water partition coefficient (Wildman–Crippen LogP) is -1.02. The number of phenols is 1. The summed E-state index contributed by atoms with van der Waals surface area (Å²) >= 11 is 0. The number of hydrogen-bond acceptors (Lipinski definition) is 9. The summed E-state index contributed by atoms with van der Waals surface area (Å²) in [7, 11) is 0. The van der Waals surface area contributed by atoms with Crippen molar-refractivity contribution < 1.29 is 43.8 Å². The van der Waals surface area contributed by atoms with Gasteiger partial charge in [-0.25, -0.2) is 4.79 Å². The van der Waals surface area contributed by atoms with Crippen molar-refractivity contribution >= 4 is 41.4 Å². The molecule has 16 nitrogen and oxygen atoms in total. The lowest BCUT2D eigenvalue weighted by molar-refractivity contribution is -0.142. The van der Waals surface area contributed by atoms with Crippen LogP contribution in [0.15, 0.2) is 54.6 Å². The molecular formula is C34H47N7O9. The normalized spacial score (nSPS) is 13.9. The number of carbonyl (C=O) groups is 7. The van der Waals surface area contributed by atoms with Gasteiger partial charge in [0.15, 0.2) is 0 Å². The number of carboxylic acids is 1. The molecule has 0 aliphatic heterocycles. The second kappa shape index (κ2) is 20.1. The summed E-state index contributed by atoms with van der Waals surface area (Å²) < 4.78 is 0. The fourth-order valence-corrected chi connectivity index (χ4v) is 4.78. The average molecular weight is 698 g/mol. The second-order valence-electron chi connectivity index (χ2n) is 12.3. The Balaban J connectivity index is 2.06. The molecule has 0 bridgehead atoms. The SMILES string of the molecule is CC(C)C[C@H](NC(=O)[C@H](Cc1ccccc1)NC(=O)CNC(=O)[C@@H](C)NC(=O)[C@@H](N)Cc1ccc(O)cc1)C(=O)N[C@@H](CCC(N)=O)C(=O)O. The van der Waals surface area contributed by atoms with Gasteiger partial charge in [0, 0.05) is 12.8 Å². The Morgan fingerprint density at radius 2 is 1.28 bits per heavy atom. The first-order chi connectivity index (χ1) is 23.5. The quantitative estimate of drug-likeness (QED) is 0.0812. The Hall–Kier alpha value is -5.51. The van der Waals surface area contributed by atoms with Crippen molar-refractivity contribution in [2.24, 2.45) is 17.4 Å². The van der Waals surface area contributed by atoms with Gasteiger partial charge in [-0.15, -0.1) is 0 Å². The number of rotatable bonds is 20. The molecule has 2 rings (SSSR count). The largest absolute Gasteiger partial charge is 0.508 e. The third kappa shape index (κ3) is 14.7. The van der Waals surface area contributed by atoms with E-state index in [-0.39, 0.29) is 43.8 Å². The number of aromatic hydroxyl groups is 1. The smallest absolute Gasteiger partial charge is 0.326 e. The lowest BCUT2D eigenvalue weighted by atomic mass is 10.0. The van der Waals surface area contributed by atoms with Crippen molar-refractivity contribution in [3.8, 4) is 5.75 Å². The number of nitrogens with one attached hydrogen (secondary N) is 5. The standard InChI is InChI=1S/C34H47N7O9/c1-19(2)15-26(32(47)40-25(34(49)50)13-14-28(36)43)41-33(48)27(17-21-7-5-4-6-8-21)39-29(44)18-37-30(45)20(3)38-31(46)24(35)16-22-9-11-23(42)12-10-22/h4-12,19-20,24-27,42H,13-18,35H2,1-3H3,(H2,36,43)(H,37,45)(H,38,46)(H,39,44)(H,40,47)(H,41,48)(H,49,50)/t20-,24+,25+,26+,27+/m1/s1. The summed E-state index contributed by atoms with van der Waals surface area (Å²) in [6.45, 7) is 4.46. The molecule has 0 fully saturated rings. The van der Waals surface area contributed by atoms with E-state index >= 15 is 0 Å². The summed E-state index contributed by atoms with van der Waals surface area (Å²) in [6, 6.07) is 9.03. The van der Waals surface area contributed by atoms with E-state index in [2.05, 4.69) is 26.6 Å². The van der Waals surface area contributed by atoms with Gasteiger partial charge in [-0.1, -0.05) is 56.3 Å². The number of nitrogens with two attached hydrogens (primary N) is 2. The zero-order chi connectivity index (χ0) is 37.4. The molecule has 272 valence electrons. The molecule has 0 aliphatic rings. The molecule has 0 heterocycles. The molecule has 0 saturated heterocycles. The number of amides is 6. The van der Waals surface area contributed by atoms with Gasteiger partial charge in [-0.2, -0.15) is 0 Å². The molecule has 0 aromatic heterocycles. The van der Waals surface area contributed by atoms with Crippen molar-refractivity contribution in [2.75, 3.05) is 6.54 Å². The van der Waals surface area contributed by atoms with Gasteiger partial charge in [-0.3, -0.25) is 28.8 Å². The third-order valence-electron chi connectivity index (χ3n) is 7.47. The Morgan fingerprint density at radius 3 is 1.86 bits per heavy atom. The van der Waals surface area contributed by atoms with Crippen molar-refractivity contribution in [1.29, 1.82) is 0 Å². The summed E-state index contributed by atoms with van der Waals surface area (Å²) in [6.07, 6.45) is -0.219. The van der Waals surface area contributed by atoms with E-state index in [1.807, 2.05) is 0 Å². The van der Waals surface area contributed by atoms with Crippen LogP contribution in [0.3, 0.4) is 0 Å². The second-order valence-corrected chi connectivity index (χ2v) is 12.3. The van der Waals surface area contributed by atoms with Gasteiger partial charge in [0.25, 0.3) is 0 Å². The summed E-state index contributed by atoms with van der Waals surface area (Å²) in [5.41, 5.74) is 12.5. The fourth-order valence-electron chi connectivity index (χ4n) is 4.78. The van der Waals surface area contributed by atoms with E-state index in [0.29, 0.717) is 11.1 Å². The highest BCUT2D eigenvalue weighted by molar-refractivity contribution is 5.95. The van der Waals surface area contributed by atoms with Crippen LogP contribution in [0.1, 0.15) is 51.2 Å². The number of carboxylic acid groups (broad SMARTS) is 1. The van der Waals surface area contributed by atoms with Gasteiger partial charge in [0.1, 0.15) is 29.9 Å². The minimum absolute atomic E-state index is 0.0180. The maximum absolute atomic E-state index is 13.6. The maximum Gasteiger partial charge on any atom is 0.326 e. The van der Waals surface area contributed by atoms with Crippen molar-refractivity contribution in [3.63, 3.8) is 0 Å². The van der Waals surface area contributed by atoms with E-state index in [0.717, 1.165) is 0 Å². The van der Waals surface area contributed by atoms with Crippen LogP contribution in [-0.4, -0.2) is 88.4 Å². The predicted molar refractivity (Wildman–Crippen MR) is 182 cm³/mol. The molecule has 0 unspecified atom stereocenters. The van der Waals surface area contributed by atoms with Crippen LogP contribution in [0.25, 0.3) is 0 Å². The highest BCUT2D eigenvalue weighted by Gasteiger charge is 2.30. The van der Waals surface area contributed by atoms with Crippen LogP contribution in [0.2, 0.25) is 0 Å². The van der Waals surface area contributed by atoms with Crippen LogP contribution in [0, 0.1) is 5.92 Å². The maximum atomic E-state index is 13.6. The van der Waals surface area contributed by atoms with Gasteiger partial charge < -0.3 is 48.3 Å². The molecule has 5 atom stereocenters. The molecule has 2 aromatic carbocycles. The average Bonchev–Trinajstić information content (AvgIpc) is 3.05. The van der Waals surface area contributed by atoms with Crippen molar-refractivity contribution in [1.82, 2.24) is 26.6 Å². The molecule has 16 heteroatoms. The minimum atomic E-state index is -1.42. The van der Waals surface area contributed by atoms with Gasteiger partial charge in [0.05, 0.1) is 12.6 Å². The number of hydrogen-bond donors (Lipinski definition) is 9. The summed E-state index contributed by atoms with van der Waals surface area (Å²) in [5, 5.41) is 31.4. The van der Waals surface area contributed by atoms with E-state index < -0.39 is 78.2 Å². The Morgan fingerprint density at radius 1 is 0.700 bits per heavy atom. The van der Waals surface area contributed by atoms with Gasteiger partial charge in [-0.05, 0) is 55.4 Å². The van der Waals surface area contributed by atoms with Crippen molar-refractivity contribution in [3.05, 3.63) is 65.7 Å². The highest BCUT2D eigenvalue weighted by Crippen LogP contribution is 2.12. The third-order valence-corrected chi connectivity index (χ3v) is 7.47. The lowest BCUT2D eigenvalue weighted by Crippen LogP contribution is -2.57. The molecule has 11 N–H and O–H groups in total. The van der Waals surface area contributed by atoms with E-state index in [9.17, 15) is 43.8 Å². The Bertz CT molecular complexity index is 1490. The van der Waals surface area contributed by atoms with Crippen LogP contribution >= 0.6 is 0 Å². The molecule has 0 radical (unpaired) electrons. The van der Waals surface area contributed by atoms with Gasteiger partial charge >= 0.3 is 5.97 Å². The van der Waals surface area contributed by atoms with Crippen LogP contribution in [0.4, 0.5) is 0 Å². The molecule has 0 spiro atoms. The number of benzene rings is 2. The topological polar surface area (TPSA) is 272 Å². The number of carbonyl (C=O) groups excluding carboxylic acids is 6. The summed E-state index contributed by atoms with van der Waals surface area (Å²) in [4.78, 5) is 87.8. The van der Waals surface area contributed by atoms with E-state index in [1.165, 1.54) is 19.1 Å². The van der Waals surface area contributed by atoms with E-state index in [4.69, 9.17) is 11.5 Å². The molecular weight excluding hydrogens is 650 g/mol. The number of phenolic OH excluding ortho intramolecular Hbond substituents is 1. The zero-order valence-electron chi connectivity index (χ0n) is 28.3. The Labute approximate surface area is 290 Å². The van der Waals surface area contributed by atoms with Crippen LogP contribution in [-0.2, 0) is 46.4 Å². The number of aliphatic carboxylic acids is 1. The minimum Gasteiger partial charge on any atom is -0.508 e. The van der Waals surface area contributed by atoms with Crippen molar-refractivity contribution in [2.45, 2.75) is 83.1 Å². The lowest BCUT2D eigenvalue weighted by Gasteiger charge is -2.25. The van der Waals surface area contributed by atoms with Crippen LogP contribution < -0.4 is 38.1 Å². The summed E-state index contributed by atoms with van der Waals surface area (Å²) in [5.74, 6) is -5.71.